The molecule has 0 spiro atoms. The van der Waals surface area contributed by atoms with Crippen molar-refractivity contribution in [1.82, 2.24) is 0 Å². The van der Waals surface area contributed by atoms with E-state index in [4.69, 9.17) is 4.74 Å². The molecule has 0 fully saturated rings. The summed E-state index contributed by atoms with van der Waals surface area (Å²) in [5.74, 6) is 1.90. The molecule has 3 aliphatic rings. The van der Waals surface area contributed by atoms with Gasteiger partial charge in [-0.2, -0.15) is 0 Å². The standard InChI is InChI=1S/C43H30BNOSi/c1-29-25-38-43-40(26-29)46-39-23-13-12-22-35(39)44(43)36-28-42-34(27-37(36)45(38)30-15-5-2-6-16-30)33-21-11-14-24-41(33)47(42,31-17-7-3-8-18-31)32-19-9-4-10-20-32/h2-28H,1H3. The number of hydrogen-bond acceptors (Lipinski definition) is 2. The second kappa shape index (κ2) is 9.96. The molecule has 0 aliphatic carbocycles. The second-order valence-corrected chi connectivity index (χ2v) is 16.7. The van der Waals surface area contributed by atoms with Gasteiger partial charge >= 0.3 is 0 Å². The third kappa shape index (κ3) is 3.62. The first-order chi connectivity index (χ1) is 23.2. The third-order valence-electron chi connectivity index (χ3n) is 10.4. The average molecular weight is 616 g/mol. The predicted octanol–water partition coefficient (Wildman–Crippen LogP) is 5.76. The molecule has 4 heteroatoms. The molecule has 0 saturated heterocycles. The van der Waals surface area contributed by atoms with Gasteiger partial charge in [-0.05, 0) is 97.1 Å². The van der Waals surface area contributed by atoms with Crippen molar-refractivity contribution in [2.24, 2.45) is 0 Å². The summed E-state index contributed by atoms with van der Waals surface area (Å²) in [7, 11) is -2.67. The van der Waals surface area contributed by atoms with Gasteiger partial charge in [0.1, 0.15) is 11.5 Å². The van der Waals surface area contributed by atoms with Crippen LogP contribution in [-0.2, 0) is 0 Å². The Morgan fingerprint density at radius 3 is 1.89 bits per heavy atom. The van der Waals surface area contributed by atoms with E-state index in [1.165, 1.54) is 65.2 Å². The molecule has 220 valence electrons. The maximum Gasteiger partial charge on any atom is 0.256 e. The number of para-hydroxylation sites is 2. The van der Waals surface area contributed by atoms with Crippen molar-refractivity contribution < 1.29 is 4.74 Å². The summed E-state index contributed by atoms with van der Waals surface area (Å²) in [5, 5.41) is 5.75. The summed E-state index contributed by atoms with van der Waals surface area (Å²) >= 11 is 0. The van der Waals surface area contributed by atoms with Crippen molar-refractivity contribution in [1.29, 1.82) is 0 Å². The molecule has 0 radical (unpaired) electrons. The number of nitrogens with zero attached hydrogens (tertiary/aromatic N) is 1. The van der Waals surface area contributed by atoms with Crippen molar-refractivity contribution in [3.63, 3.8) is 0 Å². The summed E-state index contributed by atoms with van der Waals surface area (Å²) in [6.45, 7) is 2.22. The van der Waals surface area contributed by atoms with E-state index in [1.807, 2.05) is 0 Å². The molecular weight excluding hydrogens is 585 g/mol. The molecule has 3 heterocycles. The van der Waals surface area contributed by atoms with Crippen molar-refractivity contribution in [2.45, 2.75) is 6.92 Å². The Morgan fingerprint density at radius 2 is 1.15 bits per heavy atom. The van der Waals surface area contributed by atoms with Crippen LogP contribution in [0.4, 0.5) is 17.1 Å². The lowest BCUT2D eigenvalue weighted by Gasteiger charge is -2.41. The lowest BCUT2D eigenvalue weighted by molar-refractivity contribution is 0.487. The van der Waals surface area contributed by atoms with Gasteiger partial charge in [0.05, 0.1) is 0 Å². The Labute approximate surface area is 276 Å². The minimum absolute atomic E-state index is 0.0489. The van der Waals surface area contributed by atoms with Crippen molar-refractivity contribution >= 4 is 69.0 Å². The van der Waals surface area contributed by atoms with Crippen LogP contribution in [0.3, 0.4) is 0 Å². The van der Waals surface area contributed by atoms with Gasteiger partial charge in [-0.15, -0.1) is 0 Å². The molecule has 0 amide bonds. The average Bonchev–Trinajstić information content (AvgIpc) is 3.41. The lowest BCUT2D eigenvalue weighted by atomic mass is 9.34. The van der Waals surface area contributed by atoms with E-state index >= 15 is 0 Å². The molecule has 0 N–H and O–H groups in total. The SMILES string of the molecule is Cc1cc2c3c(c1)N(c1ccccc1)c1cc4c(cc1B3c1ccccc1O2)[Si](c1ccccc1)(c1ccccc1)c1ccccc1-4. The van der Waals surface area contributed by atoms with Gasteiger partial charge in [0.15, 0.2) is 8.07 Å². The van der Waals surface area contributed by atoms with Gasteiger partial charge in [0, 0.05) is 17.1 Å². The van der Waals surface area contributed by atoms with Gasteiger partial charge in [-0.1, -0.05) is 127 Å². The maximum absolute atomic E-state index is 6.71. The highest BCUT2D eigenvalue weighted by atomic mass is 28.3. The minimum atomic E-state index is -2.67. The van der Waals surface area contributed by atoms with Crippen LogP contribution in [0.25, 0.3) is 11.1 Å². The Hall–Kier alpha value is -5.58. The van der Waals surface area contributed by atoms with E-state index in [-0.39, 0.29) is 6.71 Å². The molecule has 7 aromatic carbocycles. The van der Waals surface area contributed by atoms with Crippen molar-refractivity contribution in [2.75, 3.05) is 4.90 Å². The third-order valence-corrected chi connectivity index (χ3v) is 15.3. The fourth-order valence-electron chi connectivity index (χ4n) is 8.62. The Bertz CT molecular complexity index is 2320. The van der Waals surface area contributed by atoms with Crippen LogP contribution >= 0.6 is 0 Å². The van der Waals surface area contributed by atoms with Crippen molar-refractivity contribution in [3.8, 4) is 22.6 Å². The number of rotatable bonds is 3. The maximum atomic E-state index is 6.71. The monoisotopic (exact) mass is 615 g/mol. The zero-order valence-corrected chi connectivity index (χ0v) is 27.0. The largest absolute Gasteiger partial charge is 0.458 e. The van der Waals surface area contributed by atoms with Crippen LogP contribution < -0.4 is 46.8 Å². The number of fused-ring (bicyclic) bond motifs is 7. The summed E-state index contributed by atoms with van der Waals surface area (Å²) in [6.07, 6.45) is 0. The summed E-state index contributed by atoms with van der Waals surface area (Å²) < 4.78 is 6.71. The van der Waals surface area contributed by atoms with Crippen LogP contribution in [0, 0.1) is 6.92 Å². The van der Waals surface area contributed by atoms with E-state index in [1.54, 1.807) is 0 Å². The highest BCUT2D eigenvalue weighted by molar-refractivity contribution is 7.22. The molecular formula is C43H30BNOSi. The zero-order valence-electron chi connectivity index (χ0n) is 26.0. The lowest BCUT2D eigenvalue weighted by Crippen LogP contribution is -2.73. The highest BCUT2D eigenvalue weighted by Gasteiger charge is 2.51. The number of hydrogen-bond donors (Lipinski definition) is 0. The molecule has 7 aromatic rings. The fourth-order valence-corrected chi connectivity index (χ4v) is 13.8. The van der Waals surface area contributed by atoms with E-state index in [2.05, 4.69) is 176 Å². The molecule has 0 atom stereocenters. The Balaban J connectivity index is 1.37. The molecule has 0 bridgehead atoms. The molecule has 3 aliphatic heterocycles. The normalized spacial score (nSPS) is 14.3. The number of anilines is 3. The van der Waals surface area contributed by atoms with E-state index in [0.717, 1.165) is 17.2 Å². The first-order valence-electron chi connectivity index (χ1n) is 16.4. The van der Waals surface area contributed by atoms with Crippen LogP contribution in [0.2, 0.25) is 0 Å². The molecule has 10 rings (SSSR count). The number of ether oxygens (including phenoxy) is 1. The number of aryl methyl sites for hydroxylation is 1. The predicted molar refractivity (Wildman–Crippen MR) is 200 cm³/mol. The van der Waals surface area contributed by atoms with E-state index < -0.39 is 8.07 Å². The smallest absolute Gasteiger partial charge is 0.256 e. The van der Waals surface area contributed by atoms with Gasteiger partial charge in [-0.3, -0.25) is 0 Å². The quantitative estimate of drug-likeness (QED) is 0.235. The number of benzene rings is 7. The summed E-state index contributed by atoms with van der Waals surface area (Å²) in [4.78, 5) is 2.48. The molecule has 0 unspecified atom stereocenters. The van der Waals surface area contributed by atoms with E-state index in [9.17, 15) is 0 Å². The minimum Gasteiger partial charge on any atom is -0.458 e. The van der Waals surface area contributed by atoms with Crippen LogP contribution in [0.5, 0.6) is 11.5 Å². The van der Waals surface area contributed by atoms with Crippen LogP contribution in [0.1, 0.15) is 5.56 Å². The Morgan fingerprint density at radius 1 is 0.511 bits per heavy atom. The topological polar surface area (TPSA) is 12.5 Å². The van der Waals surface area contributed by atoms with Gasteiger partial charge < -0.3 is 9.64 Å². The second-order valence-electron chi connectivity index (χ2n) is 12.9. The molecule has 0 aromatic heterocycles. The van der Waals surface area contributed by atoms with Crippen LogP contribution in [-0.4, -0.2) is 14.8 Å². The molecule has 2 nitrogen and oxygen atoms in total. The zero-order chi connectivity index (χ0) is 31.1. The van der Waals surface area contributed by atoms with Gasteiger partial charge in [0.2, 0.25) is 0 Å². The molecule has 47 heavy (non-hydrogen) atoms. The summed E-state index contributed by atoms with van der Waals surface area (Å²) in [6, 6.07) is 60.9. The van der Waals surface area contributed by atoms with E-state index in [0.29, 0.717) is 0 Å². The molecule has 0 saturated carbocycles. The van der Waals surface area contributed by atoms with Gasteiger partial charge in [-0.25, -0.2) is 0 Å². The first kappa shape index (κ1) is 26.6. The first-order valence-corrected chi connectivity index (χ1v) is 18.4. The highest BCUT2D eigenvalue weighted by Crippen LogP contribution is 2.43. The van der Waals surface area contributed by atoms with Crippen molar-refractivity contribution in [3.05, 3.63) is 169 Å². The van der Waals surface area contributed by atoms with Crippen LogP contribution in [0.15, 0.2) is 164 Å². The fraction of sp³-hybridized carbons (Fsp3) is 0.0233. The van der Waals surface area contributed by atoms with Gasteiger partial charge in [0.25, 0.3) is 6.71 Å². The Kier molecular flexibility index (Phi) is 5.64. The summed E-state index contributed by atoms with van der Waals surface area (Å²) in [5.41, 5.74) is 11.3.